The van der Waals surface area contributed by atoms with E-state index in [1.165, 1.54) is 10.6 Å². The number of hydrogen-bond donors (Lipinski definition) is 1. The van der Waals surface area contributed by atoms with Crippen LogP contribution >= 0.6 is 11.8 Å². The lowest BCUT2D eigenvalue weighted by Gasteiger charge is -2.06. The first kappa shape index (κ1) is 15.6. The molecule has 0 bridgehead atoms. The van der Waals surface area contributed by atoms with Crippen LogP contribution in [0.15, 0.2) is 41.7 Å². The van der Waals surface area contributed by atoms with Gasteiger partial charge in [0.05, 0.1) is 6.33 Å². The highest BCUT2D eigenvalue weighted by atomic mass is 32.2. The molecule has 0 aliphatic carbocycles. The molecule has 104 valence electrons. The highest BCUT2D eigenvalue weighted by Crippen LogP contribution is 2.23. The number of imidazole rings is 1. The summed E-state index contributed by atoms with van der Waals surface area (Å²) in [7, 11) is 0. The Morgan fingerprint density at radius 1 is 1.21 bits per heavy atom. The fraction of sp³-hybridized carbons (Fsp3) is 0.400. The van der Waals surface area contributed by atoms with Gasteiger partial charge in [-0.3, -0.25) is 0 Å². The Morgan fingerprint density at radius 2 is 1.89 bits per heavy atom. The summed E-state index contributed by atoms with van der Waals surface area (Å²) < 4.78 is 2.21. The third-order valence-corrected chi connectivity index (χ3v) is 3.58. The maximum Gasteiger partial charge on any atom is 0.0948 e. The van der Waals surface area contributed by atoms with E-state index in [1.807, 2.05) is 50.3 Å². The first-order valence-electron chi connectivity index (χ1n) is 6.77. The Kier molecular flexibility index (Phi) is 7.11. The maximum absolute atomic E-state index is 5.66. The summed E-state index contributed by atoms with van der Waals surface area (Å²) in [4.78, 5) is 5.44. The van der Waals surface area contributed by atoms with E-state index in [0.717, 1.165) is 24.4 Å². The van der Waals surface area contributed by atoms with E-state index in [-0.39, 0.29) is 0 Å². The van der Waals surface area contributed by atoms with Crippen LogP contribution in [0, 0.1) is 0 Å². The van der Waals surface area contributed by atoms with E-state index in [1.54, 1.807) is 0 Å². The molecule has 1 aromatic carbocycles. The number of anilines is 1. The summed E-state index contributed by atoms with van der Waals surface area (Å²) in [6.45, 7) is 7.22. The summed E-state index contributed by atoms with van der Waals surface area (Å²) in [5, 5.41) is 0. The molecule has 0 fully saturated rings. The van der Waals surface area contributed by atoms with Gasteiger partial charge in [-0.05, 0) is 30.7 Å². The van der Waals surface area contributed by atoms with Gasteiger partial charge in [0.1, 0.15) is 0 Å². The molecular formula is C15H23N3S. The maximum atomic E-state index is 5.66. The lowest BCUT2D eigenvalue weighted by atomic mass is 10.3. The predicted octanol–water partition coefficient (Wildman–Crippen LogP) is 4.19. The smallest absolute Gasteiger partial charge is 0.0948 e. The molecule has 4 heteroatoms. The number of aromatic nitrogens is 2. The van der Waals surface area contributed by atoms with Gasteiger partial charge in [0, 0.05) is 34.8 Å². The van der Waals surface area contributed by atoms with Crippen LogP contribution in [0.4, 0.5) is 5.69 Å². The Hall–Kier alpha value is -1.42. The lowest BCUT2D eigenvalue weighted by molar-refractivity contribution is 0.659. The van der Waals surface area contributed by atoms with Crippen molar-refractivity contribution in [2.24, 2.45) is 0 Å². The highest BCUT2D eigenvalue weighted by Gasteiger charge is 2.02. The minimum absolute atomic E-state index is 0.811. The van der Waals surface area contributed by atoms with Crippen LogP contribution in [0.1, 0.15) is 32.9 Å². The zero-order chi connectivity index (χ0) is 14.1. The fourth-order valence-electron chi connectivity index (χ4n) is 1.63. The van der Waals surface area contributed by atoms with E-state index < -0.39 is 0 Å². The van der Waals surface area contributed by atoms with Crippen molar-refractivity contribution in [3.63, 3.8) is 0 Å². The summed E-state index contributed by atoms with van der Waals surface area (Å²) in [6.07, 6.45) is 4.98. The van der Waals surface area contributed by atoms with Gasteiger partial charge < -0.3 is 10.3 Å². The summed E-state index contributed by atoms with van der Waals surface area (Å²) in [6, 6.07) is 7.98. The largest absolute Gasteiger partial charge is 0.399 e. The van der Waals surface area contributed by atoms with Crippen LogP contribution in [-0.4, -0.2) is 9.55 Å². The molecular weight excluding hydrogens is 254 g/mol. The molecule has 2 rings (SSSR count). The molecule has 2 aromatic rings. The van der Waals surface area contributed by atoms with Crippen molar-refractivity contribution < 1.29 is 0 Å². The predicted molar refractivity (Wildman–Crippen MR) is 84.3 cm³/mol. The number of nitrogen functional groups attached to an aromatic ring is 1. The normalized spacial score (nSPS) is 9.84. The molecule has 3 nitrogen and oxygen atoms in total. The first-order valence-corrected chi connectivity index (χ1v) is 7.75. The molecule has 0 radical (unpaired) electrons. The average Bonchev–Trinajstić information content (AvgIpc) is 2.88. The number of nitrogens with two attached hydrogens (primary N) is 1. The summed E-state index contributed by atoms with van der Waals surface area (Å²) in [5.74, 6) is 0.948. The van der Waals surface area contributed by atoms with Gasteiger partial charge in [0.15, 0.2) is 0 Å². The summed E-state index contributed by atoms with van der Waals surface area (Å²) in [5.41, 5.74) is 7.74. The molecule has 0 saturated carbocycles. The van der Waals surface area contributed by atoms with Crippen molar-refractivity contribution in [1.82, 2.24) is 9.55 Å². The van der Waals surface area contributed by atoms with Gasteiger partial charge >= 0.3 is 0 Å². The Labute approximate surface area is 120 Å². The van der Waals surface area contributed by atoms with Crippen LogP contribution in [-0.2, 0) is 12.3 Å². The lowest BCUT2D eigenvalue weighted by Crippen LogP contribution is -1.99. The molecule has 1 heterocycles. The number of rotatable bonds is 5. The average molecular weight is 277 g/mol. The standard InChI is InChI=1S/C13H17N3S.C2H6/c1-2-7-16-10-15-8-12(16)9-17-13-5-3-11(14)4-6-13;1-2/h3-6,8,10H,2,7,9,14H2,1H3;1-2H3. The zero-order valence-electron chi connectivity index (χ0n) is 12.0. The van der Waals surface area contributed by atoms with Crippen LogP contribution in [0.25, 0.3) is 0 Å². The van der Waals surface area contributed by atoms with E-state index in [0.29, 0.717) is 0 Å². The quantitative estimate of drug-likeness (QED) is 0.658. The van der Waals surface area contributed by atoms with Gasteiger partial charge in [0.2, 0.25) is 0 Å². The number of nitrogens with zero attached hydrogens (tertiary/aromatic N) is 2. The molecule has 1 aromatic heterocycles. The van der Waals surface area contributed by atoms with Crippen LogP contribution < -0.4 is 5.73 Å². The minimum atomic E-state index is 0.811. The number of aryl methyl sites for hydroxylation is 1. The highest BCUT2D eigenvalue weighted by molar-refractivity contribution is 7.98. The fourth-order valence-corrected chi connectivity index (χ4v) is 2.52. The van der Waals surface area contributed by atoms with E-state index in [2.05, 4.69) is 28.6 Å². The van der Waals surface area contributed by atoms with Crippen LogP contribution in [0.3, 0.4) is 0 Å². The Bertz CT molecular complexity index is 462. The monoisotopic (exact) mass is 277 g/mol. The minimum Gasteiger partial charge on any atom is -0.399 e. The second-order valence-corrected chi connectivity index (χ2v) is 4.98. The van der Waals surface area contributed by atoms with Gasteiger partial charge in [-0.1, -0.05) is 20.8 Å². The molecule has 0 unspecified atom stereocenters. The van der Waals surface area contributed by atoms with Gasteiger partial charge in [-0.25, -0.2) is 4.98 Å². The van der Waals surface area contributed by atoms with E-state index in [4.69, 9.17) is 5.73 Å². The van der Waals surface area contributed by atoms with Gasteiger partial charge in [-0.2, -0.15) is 0 Å². The Balaban J connectivity index is 0.000000861. The van der Waals surface area contributed by atoms with Crippen molar-refractivity contribution >= 4 is 17.4 Å². The van der Waals surface area contributed by atoms with Crippen LogP contribution in [0.5, 0.6) is 0 Å². The topological polar surface area (TPSA) is 43.8 Å². The Morgan fingerprint density at radius 3 is 2.53 bits per heavy atom. The van der Waals surface area contributed by atoms with Crippen molar-refractivity contribution in [3.8, 4) is 0 Å². The summed E-state index contributed by atoms with van der Waals surface area (Å²) >= 11 is 1.81. The van der Waals surface area contributed by atoms with Crippen molar-refractivity contribution in [2.45, 2.75) is 44.4 Å². The zero-order valence-corrected chi connectivity index (χ0v) is 12.8. The number of hydrogen-bond acceptors (Lipinski definition) is 3. The van der Waals surface area contributed by atoms with E-state index in [9.17, 15) is 0 Å². The molecule has 0 saturated heterocycles. The SMILES string of the molecule is CC.CCCn1cncc1CSc1ccc(N)cc1. The first-order chi connectivity index (χ1) is 9.29. The number of thioether (sulfide) groups is 1. The molecule has 0 aliphatic heterocycles. The van der Waals surface area contributed by atoms with Gasteiger partial charge in [0.25, 0.3) is 0 Å². The second kappa shape index (κ2) is 8.64. The van der Waals surface area contributed by atoms with Crippen molar-refractivity contribution in [1.29, 1.82) is 0 Å². The molecule has 0 spiro atoms. The van der Waals surface area contributed by atoms with Gasteiger partial charge in [-0.15, -0.1) is 11.8 Å². The van der Waals surface area contributed by atoms with Crippen LogP contribution in [0.2, 0.25) is 0 Å². The number of benzene rings is 1. The molecule has 0 aliphatic rings. The third kappa shape index (κ3) is 4.99. The molecule has 2 N–H and O–H groups in total. The van der Waals surface area contributed by atoms with Crippen molar-refractivity contribution in [3.05, 3.63) is 42.5 Å². The second-order valence-electron chi connectivity index (χ2n) is 3.94. The molecule has 0 amide bonds. The molecule has 0 atom stereocenters. The van der Waals surface area contributed by atoms with Crippen molar-refractivity contribution in [2.75, 3.05) is 5.73 Å². The third-order valence-electron chi connectivity index (χ3n) is 2.53. The molecule has 19 heavy (non-hydrogen) atoms. The van der Waals surface area contributed by atoms with E-state index >= 15 is 0 Å².